The number of fused-ring (bicyclic) bond motifs is 1. The lowest BCUT2D eigenvalue weighted by Crippen LogP contribution is -2.29. The number of hydrogen-bond acceptors (Lipinski definition) is 4. The summed E-state index contributed by atoms with van der Waals surface area (Å²) in [5.41, 5.74) is 0.851. The molecule has 19 heavy (non-hydrogen) atoms. The minimum atomic E-state index is -0.939. The minimum Gasteiger partial charge on any atom is -0.478 e. The Hall–Kier alpha value is -1.95. The lowest BCUT2D eigenvalue weighted by atomic mass is 9.97. The Bertz CT molecular complexity index is 614. The molecule has 3 heterocycles. The van der Waals surface area contributed by atoms with Gasteiger partial charge in [-0.2, -0.15) is 5.10 Å². The molecule has 0 aromatic carbocycles. The van der Waals surface area contributed by atoms with Gasteiger partial charge in [0.15, 0.2) is 11.5 Å². The fourth-order valence-corrected chi connectivity index (χ4v) is 2.47. The summed E-state index contributed by atoms with van der Waals surface area (Å²) in [6, 6.07) is 3.11. The molecule has 0 saturated carbocycles. The topological polar surface area (TPSA) is 70.7 Å². The number of carboxylic acids is 1. The standard InChI is InChI=1S/C13H16N4O2/c1-16-5-2-9(3-6-16)12-14-11-8-10(13(18)19)4-7-17(11)15-12/h4,7-9H,2-3,5-6H2,1H3,(H,18,19). The number of rotatable bonds is 2. The lowest BCUT2D eigenvalue weighted by Gasteiger charge is -2.26. The predicted molar refractivity (Wildman–Crippen MR) is 69.4 cm³/mol. The second kappa shape index (κ2) is 4.62. The van der Waals surface area contributed by atoms with E-state index in [1.54, 1.807) is 22.8 Å². The van der Waals surface area contributed by atoms with Crippen LogP contribution in [0.4, 0.5) is 0 Å². The molecule has 6 heteroatoms. The summed E-state index contributed by atoms with van der Waals surface area (Å²) in [6.45, 7) is 2.11. The highest BCUT2D eigenvalue weighted by atomic mass is 16.4. The van der Waals surface area contributed by atoms with Crippen molar-refractivity contribution in [2.75, 3.05) is 20.1 Å². The highest BCUT2D eigenvalue weighted by Gasteiger charge is 2.22. The van der Waals surface area contributed by atoms with Crippen molar-refractivity contribution < 1.29 is 9.90 Å². The molecule has 3 rings (SSSR count). The van der Waals surface area contributed by atoms with Crippen LogP contribution in [0.15, 0.2) is 18.3 Å². The van der Waals surface area contributed by atoms with E-state index < -0.39 is 5.97 Å². The molecule has 1 N–H and O–H groups in total. The molecule has 2 aromatic heterocycles. The smallest absolute Gasteiger partial charge is 0.335 e. The first-order chi connectivity index (χ1) is 9.13. The summed E-state index contributed by atoms with van der Waals surface area (Å²) in [4.78, 5) is 17.7. The number of aromatic carboxylic acids is 1. The van der Waals surface area contributed by atoms with Gasteiger partial charge in [-0.15, -0.1) is 0 Å². The summed E-state index contributed by atoms with van der Waals surface area (Å²) in [6.07, 6.45) is 3.77. The van der Waals surface area contributed by atoms with E-state index in [0.717, 1.165) is 31.8 Å². The van der Waals surface area contributed by atoms with Crippen molar-refractivity contribution in [2.45, 2.75) is 18.8 Å². The molecular weight excluding hydrogens is 244 g/mol. The highest BCUT2D eigenvalue weighted by molar-refractivity contribution is 5.88. The summed E-state index contributed by atoms with van der Waals surface area (Å²) >= 11 is 0. The summed E-state index contributed by atoms with van der Waals surface area (Å²) in [5.74, 6) is 0.270. The molecule has 0 atom stereocenters. The van der Waals surface area contributed by atoms with Crippen molar-refractivity contribution in [1.29, 1.82) is 0 Å². The van der Waals surface area contributed by atoms with Crippen LogP contribution >= 0.6 is 0 Å². The van der Waals surface area contributed by atoms with Crippen LogP contribution in [0.5, 0.6) is 0 Å². The zero-order valence-electron chi connectivity index (χ0n) is 10.8. The molecule has 0 spiro atoms. The van der Waals surface area contributed by atoms with E-state index in [4.69, 9.17) is 5.11 Å². The Morgan fingerprint density at radius 1 is 1.42 bits per heavy atom. The fourth-order valence-electron chi connectivity index (χ4n) is 2.47. The number of piperidine rings is 1. The van der Waals surface area contributed by atoms with E-state index in [9.17, 15) is 4.79 Å². The molecule has 0 unspecified atom stereocenters. The van der Waals surface area contributed by atoms with Crippen LogP contribution in [-0.4, -0.2) is 50.7 Å². The van der Waals surface area contributed by atoms with Crippen molar-refractivity contribution in [2.24, 2.45) is 0 Å². The first kappa shape index (κ1) is 12.1. The molecule has 100 valence electrons. The van der Waals surface area contributed by atoms with Gasteiger partial charge in [0, 0.05) is 12.1 Å². The van der Waals surface area contributed by atoms with Gasteiger partial charge < -0.3 is 10.0 Å². The first-order valence-electron chi connectivity index (χ1n) is 6.41. The molecule has 0 aliphatic carbocycles. The molecule has 1 aliphatic rings. The first-order valence-corrected chi connectivity index (χ1v) is 6.41. The highest BCUT2D eigenvalue weighted by Crippen LogP contribution is 2.25. The van der Waals surface area contributed by atoms with Crippen molar-refractivity contribution in [1.82, 2.24) is 19.5 Å². The second-order valence-electron chi connectivity index (χ2n) is 5.07. The fraction of sp³-hybridized carbons (Fsp3) is 0.462. The van der Waals surface area contributed by atoms with Crippen LogP contribution in [0.25, 0.3) is 5.65 Å². The van der Waals surface area contributed by atoms with E-state index in [0.29, 0.717) is 11.6 Å². The average Bonchev–Trinajstić information content (AvgIpc) is 2.82. The monoisotopic (exact) mass is 260 g/mol. The molecule has 6 nitrogen and oxygen atoms in total. The van der Waals surface area contributed by atoms with Crippen molar-refractivity contribution in [3.05, 3.63) is 29.7 Å². The quantitative estimate of drug-likeness (QED) is 0.879. The van der Waals surface area contributed by atoms with E-state index >= 15 is 0 Å². The maximum Gasteiger partial charge on any atom is 0.335 e. The maximum atomic E-state index is 10.9. The van der Waals surface area contributed by atoms with Crippen LogP contribution in [0.1, 0.15) is 34.9 Å². The predicted octanol–water partition coefficient (Wildman–Crippen LogP) is 1.24. The van der Waals surface area contributed by atoms with E-state index in [1.807, 2.05) is 0 Å². The summed E-state index contributed by atoms with van der Waals surface area (Å²) in [5, 5.41) is 13.4. The summed E-state index contributed by atoms with van der Waals surface area (Å²) in [7, 11) is 2.12. The van der Waals surface area contributed by atoms with Crippen LogP contribution in [0.2, 0.25) is 0 Å². The van der Waals surface area contributed by atoms with E-state index in [1.165, 1.54) is 0 Å². The average molecular weight is 260 g/mol. The van der Waals surface area contributed by atoms with Crippen LogP contribution in [-0.2, 0) is 0 Å². The van der Waals surface area contributed by atoms with Crippen LogP contribution in [0, 0.1) is 0 Å². The molecule has 0 bridgehead atoms. The van der Waals surface area contributed by atoms with Crippen LogP contribution < -0.4 is 0 Å². The number of aromatic nitrogens is 3. The molecular formula is C13H16N4O2. The largest absolute Gasteiger partial charge is 0.478 e. The summed E-state index contributed by atoms with van der Waals surface area (Å²) < 4.78 is 1.65. The van der Waals surface area contributed by atoms with Gasteiger partial charge in [0.2, 0.25) is 0 Å². The third-order valence-corrected chi connectivity index (χ3v) is 3.68. The molecule has 1 fully saturated rings. The third-order valence-electron chi connectivity index (χ3n) is 3.68. The molecule has 1 saturated heterocycles. The zero-order valence-corrected chi connectivity index (χ0v) is 10.8. The Labute approximate surface area is 110 Å². The normalized spacial score (nSPS) is 17.9. The van der Waals surface area contributed by atoms with Gasteiger partial charge in [-0.1, -0.05) is 0 Å². The minimum absolute atomic E-state index is 0.245. The number of pyridine rings is 1. The molecule has 0 amide bonds. The van der Waals surface area contributed by atoms with Gasteiger partial charge in [-0.05, 0) is 45.1 Å². The van der Waals surface area contributed by atoms with Gasteiger partial charge in [0.05, 0.1) is 5.56 Å². The Balaban J connectivity index is 1.91. The van der Waals surface area contributed by atoms with E-state index in [2.05, 4.69) is 22.0 Å². The number of hydrogen-bond donors (Lipinski definition) is 1. The van der Waals surface area contributed by atoms with Gasteiger partial charge in [0.25, 0.3) is 0 Å². The van der Waals surface area contributed by atoms with Gasteiger partial charge >= 0.3 is 5.97 Å². The number of carbonyl (C=O) groups is 1. The number of nitrogens with zero attached hydrogens (tertiary/aromatic N) is 4. The molecule has 1 aliphatic heterocycles. The van der Waals surface area contributed by atoms with Gasteiger partial charge in [-0.3, -0.25) is 0 Å². The van der Waals surface area contributed by atoms with Crippen molar-refractivity contribution in [3.8, 4) is 0 Å². The van der Waals surface area contributed by atoms with Gasteiger partial charge in [-0.25, -0.2) is 14.3 Å². The molecule has 0 radical (unpaired) electrons. The zero-order chi connectivity index (χ0) is 13.4. The lowest BCUT2D eigenvalue weighted by molar-refractivity contribution is 0.0697. The Morgan fingerprint density at radius 3 is 2.84 bits per heavy atom. The Kier molecular flexibility index (Phi) is 2.94. The Morgan fingerprint density at radius 2 is 2.16 bits per heavy atom. The van der Waals surface area contributed by atoms with Gasteiger partial charge in [0.1, 0.15) is 0 Å². The SMILES string of the molecule is CN1CCC(c2nc3cc(C(=O)O)ccn3n2)CC1. The third kappa shape index (κ3) is 2.31. The second-order valence-corrected chi connectivity index (χ2v) is 5.07. The molecule has 2 aromatic rings. The number of likely N-dealkylation sites (tertiary alicyclic amines) is 1. The maximum absolute atomic E-state index is 10.9. The number of carboxylic acid groups (broad SMARTS) is 1. The van der Waals surface area contributed by atoms with Crippen molar-refractivity contribution in [3.63, 3.8) is 0 Å². The van der Waals surface area contributed by atoms with E-state index in [-0.39, 0.29) is 5.56 Å². The van der Waals surface area contributed by atoms with Crippen molar-refractivity contribution >= 4 is 11.6 Å². The van der Waals surface area contributed by atoms with Crippen LogP contribution in [0.3, 0.4) is 0 Å².